The Morgan fingerprint density at radius 1 is 1.00 bits per heavy atom. The molecule has 0 saturated carbocycles. The van der Waals surface area contributed by atoms with Crippen LogP contribution in [0.5, 0.6) is 0 Å². The lowest BCUT2D eigenvalue weighted by Gasteiger charge is -2.17. The Morgan fingerprint density at radius 3 is 1.76 bits per heavy atom. The number of hydrogen-bond acceptors (Lipinski definition) is 1. The molecule has 0 bridgehead atoms. The minimum Gasteiger partial charge on any atom is -0.299 e. The van der Waals surface area contributed by atoms with Crippen LogP contribution in [-0.2, 0) is 17.1 Å². The topological polar surface area (TPSA) is 17.1 Å². The molecule has 0 aliphatic carbocycles. The van der Waals surface area contributed by atoms with Crippen molar-refractivity contribution in [2.24, 2.45) is 0 Å². The Kier molecular flexibility index (Phi) is 5.07. The van der Waals surface area contributed by atoms with E-state index in [0.717, 1.165) is 0 Å². The standard InChI is InChI=1S/C14H14F6O/c1-3-4-12(21)8(2)9-5-10(13(15,16)17)7-11(6-9)14(18,19)20/h5-8H,3-4H2,1-2H3. The predicted molar refractivity (Wildman–Crippen MR) is 64.8 cm³/mol. The van der Waals surface area contributed by atoms with Gasteiger partial charge in [-0.2, -0.15) is 26.3 Å². The van der Waals surface area contributed by atoms with E-state index in [9.17, 15) is 31.1 Å². The second-order valence-corrected chi connectivity index (χ2v) is 4.78. The van der Waals surface area contributed by atoms with Crippen LogP contribution in [0.25, 0.3) is 0 Å². The first-order valence-electron chi connectivity index (χ1n) is 6.29. The number of Topliss-reactive ketones (excluding diaryl/α,β-unsaturated/α-hetero) is 1. The molecule has 1 unspecified atom stereocenters. The van der Waals surface area contributed by atoms with Crippen molar-refractivity contribution >= 4 is 5.78 Å². The zero-order valence-electron chi connectivity index (χ0n) is 11.4. The van der Waals surface area contributed by atoms with Crippen molar-refractivity contribution in [2.45, 2.75) is 45.0 Å². The Hall–Kier alpha value is -1.53. The number of hydrogen-bond donors (Lipinski definition) is 0. The molecule has 1 aromatic rings. The molecular formula is C14H14F6O. The third kappa shape index (κ3) is 4.47. The zero-order valence-corrected chi connectivity index (χ0v) is 11.4. The van der Waals surface area contributed by atoms with Gasteiger partial charge in [-0.3, -0.25) is 4.79 Å². The molecule has 1 aromatic carbocycles. The molecular weight excluding hydrogens is 298 g/mol. The average Bonchev–Trinajstić information content (AvgIpc) is 2.35. The number of benzene rings is 1. The fraction of sp³-hybridized carbons (Fsp3) is 0.500. The molecule has 0 aliphatic rings. The van der Waals surface area contributed by atoms with Crippen LogP contribution in [0.2, 0.25) is 0 Å². The van der Waals surface area contributed by atoms with Crippen LogP contribution in [0.3, 0.4) is 0 Å². The first kappa shape index (κ1) is 17.5. The summed E-state index contributed by atoms with van der Waals surface area (Å²) in [4.78, 5) is 11.7. The summed E-state index contributed by atoms with van der Waals surface area (Å²) in [5.74, 6) is -1.39. The van der Waals surface area contributed by atoms with Gasteiger partial charge in [0.1, 0.15) is 5.78 Å². The van der Waals surface area contributed by atoms with Gasteiger partial charge in [-0.25, -0.2) is 0 Å². The monoisotopic (exact) mass is 312 g/mol. The smallest absolute Gasteiger partial charge is 0.299 e. The number of halogens is 6. The predicted octanol–water partition coefficient (Wildman–Crippen LogP) is 5.20. The van der Waals surface area contributed by atoms with Crippen LogP contribution in [-0.4, -0.2) is 5.78 Å². The van der Waals surface area contributed by atoms with Gasteiger partial charge in [-0.1, -0.05) is 13.8 Å². The van der Waals surface area contributed by atoms with Gasteiger partial charge in [0, 0.05) is 12.3 Å². The van der Waals surface area contributed by atoms with Crippen molar-refractivity contribution in [2.75, 3.05) is 0 Å². The number of alkyl halides is 6. The highest BCUT2D eigenvalue weighted by molar-refractivity contribution is 5.85. The summed E-state index contributed by atoms with van der Waals surface area (Å²) in [6.07, 6.45) is -9.21. The summed E-state index contributed by atoms with van der Waals surface area (Å²) in [5.41, 5.74) is -3.07. The van der Waals surface area contributed by atoms with E-state index in [1.54, 1.807) is 6.92 Å². The fourth-order valence-electron chi connectivity index (χ4n) is 1.88. The summed E-state index contributed by atoms with van der Waals surface area (Å²) in [5, 5.41) is 0. The van der Waals surface area contributed by atoms with Gasteiger partial charge in [0.15, 0.2) is 0 Å². The van der Waals surface area contributed by atoms with Gasteiger partial charge in [0.25, 0.3) is 0 Å². The normalized spacial score (nSPS) is 14.1. The van der Waals surface area contributed by atoms with Crippen molar-refractivity contribution in [3.63, 3.8) is 0 Å². The number of carbonyl (C=O) groups is 1. The lowest BCUT2D eigenvalue weighted by Crippen LogP contribution is -2.15. The van der Waals surface area contributed by atoms with Crippen molar-refractivity contribution < 1.29 is 31.1 Å². The van der Waals surface area contributed by atoms with E-state index in [1.807, 2.05) is 0 Å². The third-order valence-corrected chi connectivity index (χ3v) is 3.09. The van der Waals surface area contributed by atoms with Crippen LogP contribution in [0.4, 0.5) is 26.3 Å². The average molecular weight is 312 g/mol. The lowest BCUT2D eigenvalue weighted by molar-refractivity contribution is -0.143. The van der Waals surface area contributed by atoms with Crippen molar-refractivity contribution in [1.29, 1.82) is 0 Å². The highest BCUT2D eigenvalue weighted by Crippen LogP contribution is 2.37. The molecule has 21 heavy (non-hydrogen) atoms. The third-order valence-electron chi connectivity index (χ3n) is 3.09. The van der Waals surface area contributed by atoms with E-state index < -0.39 is 29.4 Å². The summed E-state index contributed by atoms with van der Waals surface area (Å²) in [7, 11) is 0. The molecule has 0 N–H and O–H groups in total. The SMILES string of the molecule is CCCC(=O)C(C)c1cc(C(F)(F)F)cc(C(F)(F)F)c1. The summed E-state index contributed by atoms with van der Waals surface area (Å²) in [6, 6.07) is 1.27. The van der Waals surface area contributed by atoms with E-state index in [1.165, 1.54) is 6.92 Å². The molecule has 1 rings (SSSR count). The van der Waals surface area contributed by atoms with Gasteiger partial charge >= 0.3 is 12.4 Å². The Labute approximate surface area is 118 Å². The molecule has 1 atom stereocenters. The largest absolute Gasteiger partial charge is 0.416 e. The molecule has 118 valence electrons. The minimum atomic E-state index is -4.90. The molecule has 0 saturated heterocycles. The van der Waals surface area contributed by atoms with Crippen LogP contribution in [0, 0.1) is 0 Å². The summed E-state index contributed by atoms with van der Waals surface area (Å²) < 4.78 is 76.2. The van der Waals surface area contributed by atoms with E-state index in [4.69, 9.17) is 0 Å². The minimum absolute atomic E-state index is 0.0561. The molecule has 0 aliphatic heterocycles. The van der Waals surface area contributed by atoms with E-state index in [-0.39, 0.29) is 23.8 Å². The maximum Gasteiger partial charge on any atom is 0.416 e. The van der Waals surface area contributed by atoms with Crippen molar-refractivity contribution in [1.82, 2.24) is 0 Å². The zero-order chi connectivity index (χ0) is 16.4. The first-order valence-corrected chi connectivity index (χ1v) is 6.29. The maximum atomic E-state index is 12.7. The highest BCUT2D eigenvalue weighted by atomic mass is 19.4. The fourth-order valence-corrected chi connectivity index (χ4v) is 1.88. The lowest BCUT2D eigenvalue weighted by atomic mass is 9.91. The van der Waals surface area contributed by atoms with Crippen LogP contribution >= 0.6 is 0 Å². The molecule has 0 radical (unpaired) electrons. The molecule has 0 spiro atoms. The number of rotatable bonds is 4. The van der Waals surface area contributed by atoms with Crippen molar-refractivity contribution in [3.8, 4) is 0 Å². The van der Waals surface area contributed by atoms with Gasteiger partial charge in [0.2, 0.25) is 0 Å². The summed E-state index contributed by atoms with van der Waals surface area (Å²) >= 11 is 0. The molecule has 0 fully saturated rings. The van der Waals surface area contributed by atoms with Gasteiger partial charge in [-0.05, 0) is 30.2 Å². The van der Waals surface area contributed by atoms with Crippen molar-refractivity contribution in [3.05, 3.63) is 34.9 Å². The van der Waals surface area contributed by atoms with Gasteiger partial charge < -0.3 is 0 Å². The summed E-state index contributed by atoms with van der Waals surface area (Å²) in [6.45, 7) is 3.02. The van der Waals surface area contributed by atoms with Crippen LogP contribution in [0.1, 0.15) is 49.3 Å². The highest BCUT2D eigenvalue weighted by Gasteiger charge is 2.37. The second kappa shape index (κ2) is 6.07. The van der Waals surface area contributed by atoms with Gasteiger partial charge in [0.05, 0.1) is 11.1 Å². The Bertz CT molecular complexity index is 483. The van der Waals surface area contributed by atoms with E-state index in [0.29, 0.717) is 18.6 Å². The first-order chi connectivity index (χ1) is 9.46. The molecule has 0 amide bonds. The second-order valence-electron chi connectivity index (χ2n) is 4.78. The molecule has 1 nitrogen and oxygen atoms in total. The van der Waals surface area contributed by atoms with E-state index >= 15 is 0 Å². The van der Waals surface area contributed by atoms with E-state index in [2.05, 4.69) is 0 Å². The number of ketones is 1. The number of carbonyl (C=O) groups excluding carboxylic acids is 1. The molecule has 0 aromatic heterocycles. The molecule has 7 heteroatoms. The van der Waals surface area contributed by atoms with Crippen LogP contribution < -0.4 is 0 Å². The van der Waals surface area contributed by atoms with Crippen LogP contribution in [0.15, 0.2) is 18.2 Å². The van der Waals surface area contributed by atoms with Gasteiger partial charge in [-0.15, -0.1) is 0 Å². The molecule has 0 heterocycles. The maximum absolute atomic E-state index is 12.7. The Balaban J connectivity index is 3.35. The Morgan fingerprint density at radius 2 is 1.43 bits per heavy atom. The quantitative estimate of drug-likeness (QED) is 0.699.